The molecule has 1 aliphatic carbocycles. The second kappa shape index (κ2) is 6.95. The third-order valence-corrected chi connectivity index (χ3v) is 3.74. The van der Waals surface area contributed by atoms with Gasteiger partial charge in [0.15, 0.2) is 0 Å². The van der Waals surface area contributed by atoms with Crippen LogP contribution in [0.4, 0.5) is 5.69 Å². The smallest absolute Gasteiger partial charge is 0.227 e. The number of benzene rings is 1. The van der Waals surface area contributed by atoms with Gasteiger partial charge in [0.05, 0.1) is 12.3 Å². The maximum atomic E-state index is 12.2. The molecule has 2 unspecified atom stereocenters. The SMILES string of the molecule is CCCOc1ccc(Cl)cc1NC(=O)C1CCC(N)C1. The van der Waals surface area contributed by atoms with E-state index in [-0.39, 0.29) is 17.9 Å². The number of rotatable bonds is 5. The van der Waals surface area contributed by atoms with Gasteiger partial charge in [-0.2, -0.15) is 0 Å². The van der Waals surface area contributed by atoms with Crippen LogP contribution in [0.2, 0.25) is 5.02 Å². The van der Waals surface area contributed by atoms with Crippen molar-refractivity contribution in [1.82, 2.24) is 0 Å². The number of hydrogen-bond donors (Lipinski definition) is 2. The van der Waals surface area contributed by atoms with Gasteiger partial charge < -0.3 is 15.8 Å². The number of carbonyl (C=O) groups excluding carboxylic acids is 1. The summed E-state index contributed by atoms with van der Waals surface area (Å²) in [6.45, 7) is 2.65. The minimum Gasteiger partial charge on any atom is -0.491 e. The topological polar surface area (TPSA) is 64.3 Å². The van der Waals surface area contributed by atoms with Gasteiger partial charge >= 0.3 is 0 Å². The second-order valence-electron chi connectivity index (χ2n) is 5.25. The highest BCUT2D eigenvalue weighted by Gasteiger charge is 2.28. The van der Waals surface area contributed by atoms with E-state index < -0.39 is 0 Å². The first kappa shape index (κ1) is 15.1. The van der Waals surface area contributed by atoms with Crippen LogP contribution >= 0.6 is 11.6 Å². The number of ether oxygens (including phenoxy) is 1. The highest BCUT2D eigenvalue weighted by molar-refractivity contribution is 6.31. The quantitative estimate of drug-likeness (QED) is 0.877. The van der Waals surface area contributed by atoms with Crippen molar-refractivity contribution >= 4 is 23.2 Å². The highest BCUT2D eigenvalue weighted by Crippen LogP contribution is 2.31. The number of anilines is 1. The molecule has 2 rings (SSSR count). The van der Waals surface area contributed by atoms with Crippen LogP contribution in [0.3, 0.4) is 0 Å². The Labute approximate surface area is 124 Å². The summed E-state index contributed by atoms with van der Waals surface area (Å²) >= 11 is 5.99. The zero-order valence-corrected chi connectivity index (χ0v) is 12.5. The number of halogens is 1. The molecule has 0 saturated heterocycles. The lowest BCUT2D eigenvalue weighted by molar-refractivity contribution is -0.119. The second-order valence-corrected chi connectivity index (χ2v) is 5.68. The summed E-state index contributed by atoms with van der Waals surface area (Å²) in [5.74, 6) is 0.650. The van der Waals surface area contributed by atoms with Gasteiger partial charge in [0.1, 0.15) is 5.75 Å². The van der Waals surface area contributed by atoms with E-state index in [9.17, 15) is 4.79 Å². The van der Waals surface area contributed by atoms with Crippen LogP contribution in [-0.2, 0) is 4.79 Å². The summed E-state index contributed by atoms with van der Waals surface area (Å²) in [6.07, 6.45) is 3.41. The van der Waals surface area contributed by atoms with E-state index in [4.69, 9.17) is 22.1 Å². The van der Waals surface area contributed by atoms with Crippen molar-refractivity contribution < 1.29 is 9.53 Å². The normalized spacial score (nSPS) is 21.8. The summed E-state index contributed by atoms with van der Waals surface area (Å²) in [5, 5.41) is 3.49. The Kier molecular flexibility index (Phi) is 5.26. The zero-order chi connectivity index (χ0) is 14.5. The minimum atomic E-state index is -0.0111. The third-order valence-electron chi connectivity index (χ3n) is 3.51. The Morgan fingerprint density at radius 2 is 2.30 bits per heavy atom. The molecule has 1 aromatic carbocycles. The number of amides is 1. The van der Waals surface area contributed by atoms with Crippen molar-refractivity contribution in [3.63, 3.8) is 0 Å². The lowest BCUT2D eigenvalue weighted by Crippen LogP contribution is -2.23. The minimum absolute atomic E-state index is 0.00145. The first-order chi connectivity index (χ1) is 9.60. The van der Waals surface area contributed by atoms with Gasteiger partial charge in [0.25, 0.3) is 0 Å². The van der Waals surface area contributed by atoms with Crippen LogP contribution in [-0.4, -0.2) is 18.6 Å². The van der Waals surface area contributed by atoms with Crippen molar-refractivity contribution in [1.29, 1.82) is 0 Å². The lowest BCUT2D eigenvalue weighted by atomic mass is 10.1. The number of nitrogens with two attached hydrogens (primary N) is 1. The monoisotopic (exact) mass is 296 g/mol. The Bertz CT molecular complexity index is 479. The van der Waals surface area contributed by atoms with E-state index in [0.29, 0.717) is 23.1 Å². The van der Waals surface area contributed by atoms with Gasteiger partial charge in [0, 0.05) is 17.0 Å². The van der Waals surface area contributed by atoms with Crippen LogP contribution in [0.25, 0.3) is 0 Å². The molecule has 0 radical (unpaired) electrons. The average molecular weight is 297 g/mol. The molecule has 110 valence electrons. The van der Waals surface area contributed by atoms with Crippen LogP contribution < -0.4 is 15.8 Å². The van der Waals surface area contributed by atoms with Gasteiger partial charge in [-0.15, -0.1) is 0 Å². The predicted octanol–water partition coefficient (Wildman–Crippen LogP) is 3.19. The fraction of sp³-hybridized carbons (Fsp3) is 0.533. The van der Waals surface area contributed by atoms with E-state index in [2.05, 4.69) is 5.32 Å². The van der Waals surface area contributed by atoms with Crippen molar-refractivity contribution in [2.24, 2.45) is 11.7 Å². The van der Waals surface area contributed by atoms with Crippen LogP contribution in [0.15, 0.2) is 18.2 Å². The summed E-state index contributed by atoms with van der Waals surface area (Å²) in [7, 11) is 0. The maximum absolute atomic E-state index is 12.2. The molecular formula is C15H21ClN2O2. The first-order valence-electron chi connectivity index (χ1n) is 7.09. The summed E-state index contributed by atoms with van der Waals surface area (Å²) < 4.78 is 5.63. The zero-order valence-electron chi connectivity index (χ0n) is 11.7. The van der Waals surface area contributed by atoms with Crippen molar-refractivity contribution in [2.45, 2.75) is 38.6 Å². The fourth-order valence-electron chi connectivity index (χ4n) is 2.43. The molecule has 5 heteroatoms. The third kappa shape index (κ3) is 3.87. The maximum Gasteiger partial charge on any atom is 0.227 e. The molecule has 4 nitrogen and oxygen atoms in total. The van der Waals surface area contributed by atoms with Crippen LogP contribution in [0.1, 0.15) is 32.6 Å². The van der Waals surface area contributed by atoms with Gasteiger partial charge in [0.2, 0.25) is 5.91 Å². The average Bonchev–Trinajstić information content (AvgIpc) is 2.85. The van der Waals surface area contributed by atoms with Crippen LogP contribution in [0.5, 0.6) is 5.75 Å². The van der Waals surface area contributed by atoms with Crippen molar-refractivity contribution in [3.8, 4) is 5.75 Å². The molecule has 1 aliphatic rings. The van der Waals surface area contributed by atoms with E-state index in [1.165, 1.54) is 0 Å². The van der Waals surface area contributed by atoms with E-state index in [1.807, 2.05) is 6.92 Å². The molecule has 0 heterocycles. The lowest BCUT2D eigenvalue weighted by Gasteiger charge is -2.15. The number of hydrogen-bond acceptors (Lipinski definition) is 3. The van der Waals surface area contributed by atoms with E-state index >= 15 is 0 Å². The largest absolute Gasteiger partial charge is 0.491 e. The van der Waals surface area contributed by atoms with Gasteiger partial charge in [-0.1, -0.05) is 18.5 Å². The van der Waals surface area contributed by atoms with Gasteiger partial charge in [-0.3, -0.25) is 4.79 Å². The molecule has 0 aliphatic heterocycles. The van der Waals surface area contributed by atoms with Gasteiger partial charge in [-0.05, 0) is 43.9 Å². The Morgan fingerprint density at radius 1 is 1.50 bits per heavy atom. The van der Waals surface area contributed by atoms with E-state index in [0.717, 1.165) is 25.7 Å². The van der Waals surface area contributed by atoms with Gasteiger partial charge in [-0.25, -0.2) is 0 Å². The van der Waals surface area contributed by atoms with Crippen molar-refractivity contribution in [2.75, 3.05) is 11.9 Å². The molecule has 2 atom stereocenters. The molecule has 1 aromatic rings. The Balaban J connectivity index is 2.07. The standard InChI is InChI=1S/C15H21ClN2O2/c1-2-7-20-14-6-4-11(16)9-13(14)18-15(19)10-3-5-12(17)8-10/h4,6,9-10,12H,2-3,5,7-8,17H2,1H3,(H,18,19). The fourth-order valence-corrected chi connectivity index (χ4v) is 2.60. The van der Waals surface area contributed by atoms with Crippen molar-refractivity contribution in [3.05, 3.63) is 23.2 Å². The van der Waals surface area contributed by atoms with Crippen LogP contribution in [0, 0.1) is 5.92 Å². The summed E-state index contributed by atoms with van der Waals surface area (Å²) in [6, 6.07) is 5.40. The molecule has 0 spiro atoms. The first-order valence-corrected chi connectivity index (χ1v) is 7.46. The molecule has 1 saturated carbocycles. The van der Waals surface area contributed by atoms with E-state index in [1.54, 1.807) is 18.2 Å². The highest BCUT2D eigenvalue weighted by atomic mass is 35.5. The molecule has 1 amide bonds. The summed E-state index contributed by atoms with van der Waals surface area (Å²) in [5.41, 5.74) is 6.49. The summed E-state index contributed by atoms with van der Waals surface area (Å²) in [4.78, 5) is 12.2. The molecule has 20 heavy (non-hydrogen) atoms. The number of carbonyl (C=O) groups is 1. The molecule has 0 aromatic heterocycles. The number of nitrogens with one attached hydrogen (secondary N) is 1. The predicted molar refractivity (Wildman–Crippen MR) is 81.2 cm³/mol. The molecule has 0 bridgehead atoms. The Hall–Kier alpha value is -1.26. The molecule has 3 N–H and O–H groups in total. The Morgan fingerprint density at radius 3 is 2.95 bits per heavy atom. The molecular weight excluding hydrogens is 276 g/mol. The molecule has 1 fully saturated rings.